The summed E-state index contributed by atoms with van der Waals surface area (Å²) in [5, 5.41) is 6.41. The molecule has 0 aromatic carbocycles. The zero-order valence-electron chi connectivity index (χ0n) is 11.5. The maximum atomic E-state index is 11.3. The van der Waals surface area contributed by atoms with Gasteiger partial charge in [-0.05, 0) is 25.8 Å². The van der Waals surface area contributed by atoms with Crippen molar-refractivity contribution in [1.82, 2.24) is 10.6 Å². The minimum Gasteiger partial charge on any atom is -0.356 e. The average molecular weight is 228 g/mol. The second-order valence-electron chi connectivity index (χ2n) is 4.93. The molecule has 2 atom stereocenters. The predicted octanol–water partition coefficient (Wildman–Crippen LogP) is 2.17. The average Bonchev–Trinajstić information content (AvgIpc) is 2.26. The summed E-state index contributed by atoms with van der Waals surface area (Å²) in [6.07, 6.45) is 2.21. The number of hydrogen-bond acceptors (Lipinski definition) is 2. The molecule has 0 aliphatic rings. The van der Waals surface area contributed by atoms with E-state index in [-0.39, 0.29) is 11.8 Å². The molecule has 0 aromatic rings. The van der Waals surface area contributed by atoms with Gasteiger partial charge in [0.2, 0.25) is 5.91 Å². The molecule has 0 radical (unpaired) electrons. The highest BCUT2D eigenvalue weighted by Gasteiger charge is 2.08. The lowest BCUT2D eigenvalue weighted by atomic mass is 10.0. The maximum Gasteiger partial charge on any atom is 0.222 e. The first-order chi connectivity index (χ1) is 7.49. The zero-order chi connectivity index (χ0) is 12.6. The van der Waals surface area contributed by atoms with Crippen molar-refractivity contribution < 1.29 is 4.79 Å². The van der Waals surface area contributed by atoms with Crippen LogP contribution in [0.3, 0.4) is 0 Å². The fourth-order valence-electron chi connectivity index (χ4n) is 1.39. The molecule has 96 valence electrons. The number of carbonyl (C=O) groups is 1. The van der Waals surface area contributed by atoms with E-state index in [1.54, 1.807) is 0 Å². The first-order valence-electron chi connectivity index (χ1n) is 6.50. The highest BCUT2D eigenvalue weighted by Crippen LogP contribution is 2.05. The second kappa shape index (κ2) is 8.57. The van der Waals surface area contributed by atoms with Crippen LogP contribution >= 0.6 is 0 Å². The third kappa shape index (κ3) is 6.83. The molecule has 3 heteroatoms. The Bertz CT molecular complexity index is 192. The van der Waals surface area contributed by atoms with Gasteiger partial charge in [-0.1, -0.05) is 34.1 Å². The van der Waals surface area contributed by atoms with Crippen LogP contribution in [-0.2, 0) is 4.79 Å². The fraction of sp³-hybridized carbons (Fsp3) is 0.923. The number of nitrogens with one attached hydrogen (secondary N) is 2. The van der Waals surface area contributed by atoms with Gasteiger partial charge in [-0.3, -0.25) is 4.79 Å². The summed E-state index contributed by atoms with van der Waals surface area (Å²) in [7, 11) is 0. The summed E-state index contributed by atoms with van der Waals surface area (Å²) >= 11 is 0. The van der Waals surface area contributed by atoms with Crippen LogP contribution in [0, 0.1) is 11.8 Å². The molecule has 0 aromatic heterocycles. The minimum atomic E-state index is 0.0898. The fourth-order valence-corrected chi connectivity index (χ4v) is 1.39. The Morgan fingerprint density at radius 1 is 1.12 bits per heavy atom. The minimum absolute atomic E-state index is 0.0898. The summed E-state index contributed by atoms with van der Waals surface area (Å²) in [5.41, 5.74) is 0. The summed E-state index contributed by atoms with van der Waals surface area (Å²) in [6.45, 7) is 12.3. The molecular formula is C13H28N2O. The van der Waals surface area contributed by atoms with Gasteiger partial charge in [-0.2, -0.15) is 0 Å². The normalized spacial score (nSPS) is 14.9. The van der Waals surface area contributed by atoms with E-state index >= 15 is 0 Å². The summed E-state index contributed by atoms with van der Waals surface area (Å²) in [6, 6.07) is 0.561. The molecular weight excluding hydrogens is 200 g/mol. The molecule has 0 aliphatic carbocycles. The van der Waals surface area contributed by atoms with Crippen LogP contribution in [0.5, 0.6) is 0 Å². The molecule has 0 rings (SSSR count). The number of amides is 1. The SMILES string of the molecule is CCC(C)C(C)NCCCNC(=O)C(C)C. The standard InChI is InChI=1S/C13H28N2O/c1-6-11(4)12(5)14-8-7-9-15-13(16)10(2)3/h10-12,14H,6-9H2,1-5H3,(H,15,16). The molecule has 0 fully saturated rings. The molecule has 0 spiro atoms. The van der Waals surface area contributed by atoms with Crippen LogP contribution in [-0.4, -0.2) is 25.0 Å². The smallest absolute Gasteiger partial charge is 0.222 e. The van der Waals surface area contributed by atoms with E-state index in [0.29, 0.717) is 12.0 Å². The molecule has 16 heavy (non-hydrogen) atoms. The van der Waals surface area contributed by atoms with Gasteiger partial charge in [-0.15, -0.1) is 0 Å². The third-order valence-corrected chi connectivity index (χ3v) is 3.14. The molecule has 0 bridgehead atoms. The molecule has 1 amide bonds. The summed E-state index contributed by atoms with van der Waals surface area (Å²) in [4.78, 5) is 11.3. The van der Waals surface area contributed by atoms with Crippen LogP contribution in [0.25, 0.3) is 0 Å². The third-order valence-electron chi connectivity index (χ3n) is 3.14. The van der Waals surface area contributed by atoms with Gasteiger partial charge in [0.05, 0.1) is 0 Å². The Morgan fingerprint density at radius 3 is 2.25 bits per heavy atom. The van der Waals surface area contributed by atoms with Gasteiger partial charge in [0.1, 0.15) is 0 Å². The Labute approximate surface area is 100 Å². The van der Waals surface area contributed by atoms with Crippen LogP contribution in [0.4, 0.5) is 0 Å². The molecule has 0 saturated heterocycles. The molecule has 3 nitrogen and oxygen atoms in total. The van der Waals surface area contributed by atoms with E-state index in [2.05, 4.69) is 31.4 Å². The van der Waals surface area contributed by atoms with E-state index < -0.39 is 0 Å². The molecule has 2 unspecified atom stereocenters. The van der Waals surface area contributed by atoms with Crippen molar-refractivity contribution in [3.05, 3.63) is 0 Å². The molecule has 2 N–H and O–H groups in total. The van der Waals surface area contributed by atoms with Crippen LogP contribution in [0.15, 0.2) is 0 Å². The Balaban J connectivity index is 3.43. The van der Waals surface area contributed by atoms with Gasteiger partial charge in [0.25, 0.3) is 0 Å². The maximum absolute atomic E-state index is 11.3. The Hall–Kier alpha value is -0.570. The molecule has 0 aliphatic heterocycles. The van der Waals surface area contributed by atoms with E-state index in [1.807, 2.05) is 13.8 Å². The van der Waals surface area contributed by atoms with E-state index in [1.165, 1.54) is 6.42 Å². The van der Waals surface area contributed by atoms with Crippen LogP contribution in [0.1, 0.15) is 47.5 Å². The highest BCUT2D eigenvalue weighted by atomic mass is 16.1. The lowest BCUT2D eigenvalue weighted by Gasteiger charge is -2.19. The van der Waals surface area contributed by atoms with Gasteiger partial charge < -0.3 is 10.6 Å². The number of carbonyl (C=O) groups excluding carboxylic acids is 1. The largest absolute Gasteiger partial charge is 0.356 e. The van der Waals surface area contributed by atoms with Gasteiger partial charge in [0.15, 0.2) is 0 Å². The first kappa shape index (κ1) is 15.4. The second-order valence-corrected chi connectivity index (χ2v) is 4.93. The van der Waals surface area contributed by atoms with Crippen molar-refractivity contribution in [1.29, 1.82) is 0 Å². The van der Waals surface area contributed by atoms with Crippen LogP contribution < -0.4 is 10.6 Å². The number of rotatable bonds is 8. The molecule has 0 saturated carbocycles. The quantitative estimate of drug-likeness (QED) is 0.625. The summed E-state index contributed by atoms with van der Waals surface area (Å²) in [5.74, 6) is 0.951. The van der Waals surface area contributed by atoms with E-state index in [4.69, 9.17) is 0 Å². The van der Waals surface area contributed by atoms with Crippen molar-refractivity contribution in [3.63, 3.8) is 0 Å². The Morgan fingerprint density at radius 2 is 1.75 bits per heavy atom. The lowest BCUT2D eigenvalue weighted by molar-refractivity contribution is -0.123. The van der Waals surface area contributed by atoms with Crippen molar-refractivity contribution in [2.24, 2.45) is 11.8 Å². The van der Waals surface area contributed by atoms with Crippen molar-refractivity contribution in [2.75, 3.05) is 13.1 Å². The van der Waals surface area contributed by atoms with Crippen molar-refractivity contribution in [2.45, 2.75) is 53.5 Å². The highest BCUT2D eigenvalue weighted by molar-refractivity contribution is 5.77. The van der Waals surface area contributed by atoms with Gasteiger partial charge in [0, 0.05) is 18.5 Å². The van der Waals surface area contributed by atoms with Crippen molar-refractivity contribution >= 4 is 5.91 Å². The predicted molar refractivity (Wildman–Crippen MR) is 69.4 cm³/mol. The van der Waals surface area contributed by atoms with Gasteiger partial charge >= 0.3 is 0 Å². The van der Waals surface area contributed by atoms with Crippen molar-refractivity contribution in [3.8, 4) is 0 Å². The van der Waals surface area contributed by atoms with E-state index in [0.717, 1.165) is 19.5 Å². The van der Waals surface area contributed by atoms with E-state index in [9.17, 15) is 4.79 Å². The topological polar surface area (TPSA) is 41.1 Å². The molecule has 0 heterocycles. The monoisotopic (exact) mass is 228 g/mol. The number of hydrogen-bond donors (Lipinski definition) is 2. The summed E-state index contributed by atoms with van der Waals surface area (Å²) < 4.78 is 0. The first-order valence-corrected chi connectivity index (χ1v) is 6.50. The lowest BCUT2D eigenvalue weighted by Crippen LogP contribution is -2.35. The van der Waals surface area contributed by atoms with Gasteiger partial charge in [-0.25, -0.2) is 0 Å². The Kier molecular flexibility index (Phi) is 8.26. The zero-order valence-corrected chi connectivity index (χ0v) is 11.5. The van der Waals surface area contributed by atoms with Crippen LogP contribution in [0.2, 0.25) is 0 Å².